The molecule has 1 unspecified atom stereocenters. The minimum absolute atomic E-state index is 0.196. The van der Waals surface area contributed by atoms with Gasteiger partial charge < -0.3 is 5.32 Å². The third kappa shape index (κ3) is 2.88. The molecule has 1 atom stereocenters. The zero-order chi connectivity index (χ0) is 14.9. The van der Waals surface area contributed by atoms with Crippen LogP contribution in [0.4, 0.5) is 13.2 Å². The fourth-order valence-electron chi connectivity index (χ4n) is 2.15. The number of hydrogen-bond donors (Lipinski definition) is 1. The molecule has 2 aromatic carbocycles. The predicted octanol–water partition coefficient (Wildman–Crippen LogP) is 4.48. The quantitative estimate of drug-likeness (QED) is 0.866. The van der Waals surface area contributed by atoms with Gasteiger partial charge in [-0.05, 0) is 31.2 Å². The van der Waals surface area contributed by atoms with E-state index in [1.807, 2.05) is 19.1 Å². The van der Waals surface area contributed by atoms with Crippen molar-refractivity contribution in [3.05, 3.63) is 68.9 Å². The Morgan fingerprint density at radius 3 is 2.15 bits per heavy atom. The molecule has 5 heteroatoms. The lowest BCUT2D eigenvalue weighted by Gasteiger charge is -2.20. The van der Waals surface area contributed by atoms with E-state index in [1.165, 1.54) is 0 Å². The smallest absolute Gasteiger partial charge is 0.134 e. The van der Waals surface area contributed by atoms with Gasteiger partial charge >= 0.3 is 0 Å². The molecule has 0 saturated heterocycles. The van der Waals surface area contributed by atoms with E-state index in [1.54, 1.807) is 13.1 Å². The summed E-state index contributed by atoms with van der Waals surface area (Å²) in [6.45, 7) is 1.92. The molecule has 106 valence electrons. The molecular weight excluding hydrogens is 331 g/mol. The first-order valence-corrected chi connectivity index (χ1v) is 6.81. The molecule has 0 spiro atoms. The molecule has 1 nitrogen and oxygen atoms in total. The second kappa shape index (κ2) is 5.97. The van der Waals surface area contributed by atoms with Crippen LogP contribution in [0.15, 0.2) is 34.8 Å². The van der Waals surface area contributed by atoms with Crippen molar-refractivity contribution in [1.82, 2.24) is 5.32 Å². The van der Waals surface area contributed by atoms with E-state index in [2.05, 4.69) is 21.2 Å². The van der Waals surface area contributed by atoms with Crippen LogP contribution in [0.3, 0.4) is 0 Å². The number of nitrogens with one attached hydrogen (secondary N) is 1. The summed E-state index contributed by atoms with van der Waals surface area (Å²) < 4.78 is 41.6. The van der Waals surface area contributed by atoms with Crippen LogP contribution in [0.5, 0.6) is 0 Å². The zero-order valence-corrected chi connectivity index (χ0v) is 12.6. The van der Waals surface area contributed by atoms with Gasteiger partial charge in [-0.2, -0.15) is 0 Å². The van der Waals surface area contributed by atoms with Gasteiger partial charge in [-0.1, -0.05) is 28.1 Å². The third-order valence-corrected chi connectivity index (χ3v) is 3.77. The molecule has 0 aliphatic carbocycles. The zero-order valence-electron chi connectivity index (χ0n) is 11.0. The summed E-state index contributed by atoms with van der Waals surface area (Å²) in [6, 6.07) is 6.16. The maximum Gasteiger partial charge on any atom is 0.134 e. The van der Waals surface area contributed by atoms with E-state index in [-0.39, 0.29) is 5.56 Å². The first-order chi connectivity index (χ1) is 9.43. The molecule has 0 amide bonds. The number of rotatable bonds is 3. The molecule has 0 bridgehead atoms. The van der Waals surface area contributed by atoms with E-state index in [0.29, 0.717) is 17.7 Å². The molecule has 20 heavy (non-hydrogen) atoms. The Kier molecular flexibility index (Phi) is 4.50. The third-order valence-electron chi connectivity index (χ3n) is 3.09. The van der Waals surface area contributed by atoms with Crippen LogP contribution in [-0.2, 0) is 0 Å². The molecule has 0 aromatic heterocycles. The van der Waals surface area contributed by atoms with Crippen LogP contribution in [-0.4, -0.2) is 7.05 Å². The molecule has 2 rings (SSSR count). The molecular formula is C15H13BrF3N. The van der Waals surface area contributed by atoms with Gasteiger partial charge in [0.15, 0.2) is 0 Å². The Morgan fingerprint density at radius 1 is 1.05 bits per heavy atom. The van der Waals surface area contributed by atoms with Crippen LogP contribution in [0, 0.1) is 24.4 Å². The number of benzene rings is 2. The molecule has 2 aromatic rings. The topological polar surface area (TPSA) is 12.0 Å². The molecule has 1 N–H and O–H groups in total. The summed E-state index contributed by atoms with van der Waals surface area (Å²) >= 11 is 3.39. The summed E-state index contributed by atoms with van der Waals surface area (Å²) in [6.07, 6.45) is 0. The molecule has 0 fully saturated rings. The predicted molar refractivity (Wildman–Crippen MR) is 76.1 cm³/mol. The molecule has 0 saturated carbocycles. The fraction of sp³-hybridized carbons (Fsp3) is 0.200. The van der Waals surface area contributed by atoms with Crippen LogP contribution in [0.25, 0.3) is 0 Å². The SMILES string of the molecule is CNC(c1ccc(C)cc1Br)c1c(F)cc(F)cc1F. The van der Waals surface area contributed by atoms with Gasteiger partial charge in [0.1, 0.15) is 17.5 Å². The normalized spacial score (nSPS) is 12.5. The van der Waals surface area contributed by atoms with Crippen LogP contribution >= 0.6 is 15.9 Å². The maximum absolute atomic E-state index is 13.9. The van der Waals surface area contributed by atoms with Crippen molar-refractivity contribution in [2.24, 2.45) is 0 Å². The average molecular weight is 344 g/mol. The van der Waals surface area contributed by atoms with Gasteiger partial charge in [-0.25, -0.2) is 13.2 Å². The first kappa shape index (κ1) is 15.1. The van der Waals surface area contributed by atoms with E-state index >= 15 is 0 Å². The standard InChI is InChI=1S/C15H13BrF3N/c1-8-3-4-10(11(16)5-8)15(20-2)14-12(18)6-9(17)7-13(14)19/h3-7,15,20H,1-2H3. The van der Waals surface area contributed by atoms with E-state index in [0.717, 1.165) is 10.0 Å². The minimum atomic E-state index is -0.929. The highest BCUT2D eigenvalue weighted by molar-refractivity contribution is 9.10. The van der Waals surface area contributed by atoms with Crippen LogP contribution < -0.4 is 5.32 Å². The van der Waals surface area contributed by atoms with Crippen molar-refractivity contribution in [1.29, 1.82) is 0 Å². The van der Waals surface area contributed by atoms with E-state index in [4.69, 9.17) is 0 Å². The summed E-state index contributed by atoms with van der Waals surface area (Å²) in [7, 11) is 1.60. The Balaban J connectivity index is 2.58. The summed E-state index contributed by atoms with van der Waals surface area (Å²) in [5.41, 5.74) is 1.51. The Morgan fingerprint density at radius 2 is 1.65 bits per heavy atom. The van der Waals surface area contributed by atoms with Gasteiger partial charge in [0.2, 0.25) is 0 Å². The van der Waals surface area contributed by atoms with Crippen molar-refractivity contribution in [2.75, 3.05) is 7.05 Å². The highest BCUT2D eigenvalue weighted by atomic mass is 79.9. The highest BCUT2D eigenvalue weighted by Gasteiger charge is 2.23. The molecule has 0 aliphatic heterocycles. The average Bonchev–Trinajstić information content (AvgIpc) is 2.34. The Bertz CT molecular complexity index is 620. The first-order valence-electron chi connectivity index (χ1n) is 6.01. The van der Waals surface area contributed by atoms with Crippen molar-refractivity contribution in [3.63, 3.8) is 0 Å². The highest BCUT2D eigenvalue weighted by Crippen LogP contribution is 2.32. The number of aryl methyl sites for hydroxylation is 1. The molecule has 0 radical (unpaired) electrons. The lowest BCUT2D eigenvalue weighted by molar-refractivity contribution is 0.499. The van der Waals surface area contributed by atoms with Gasteiger partial charge in [-0.3, -0.25) is 0 Å². The minimum Gasteiger partial charge on any atom is -0.309 e. The van der Waals surface area contributed by atoms with Crippen molar-refractivity contribution >= 4 is 15.9 Å². The van der Waals surface area contributed by atoms with Gasteiger partial charge in [0.05, 0.1) is 6.04 Å². The molecule has 0 aliphatic rings. The fourth-order valence-corrected chi connectivity index (χ4v) is 2.87. The summed E-state index contributed by atoms with van der Waals surface area (Å²) in [5.74, 6) is -2.75. The second-order valence-corrected chi connectivity index (χ2v) is 5.38. The summed E-state index contributed by atoms with van der Waals surface area (Å²) in [5, 5.41) is 2.86. The van der Waals surface area contributed by atoms with Gasteiger partial charge in [-0.15, -0.1) is 0 Å². The largest absolute Gasteiger partial charge is 0.309 e. The second-order valence-electron chi connectivity index (χ2n) is 4.53. The van der Waals surface area contributed by atoms with Crippen LogP contribution in [0.2, 0.25) is 0 Å². The number of hydrogen-bond acceptors (Lipinski definition) is 1. The Hall–Kier alpha value is -1.33. The maximum atomic E-state index is 13.9. The van der Waals surface area contributed by atoms with Crippen molar-refractivity contribution < 1.29 is 13.2 Å². The van der Waals surface area contributed by atoms with E-state index in [9.17, 15) is 13.2 Å². The lowest BCUT2D eigenvalue weighted by Crippen LogP contribution is -2.21. The number of halogens is 4. The molecule has 0 heterocycles. The lowest BCUT2D eigenvalue weighted by atomic mass is 9.97. The van der Waals surface area contributed by atoms with Gasteiger partial charge in [0, 0.05) is 22.2 Å². The Labute approximate surface area is 123 Å². The van der Waals surface area contributed by atoms with E-state index < -0.39 is 23.5 Å². The van der Waals surface area contributed by atoms with Crippen molar-refractivity contribution in [2.45, 2.75) is 13.0 Å². The van der Waals surface area contributed by atoms with Crippen molar-refractivity contribution in [3.8, 4) is 0 Å². The monoisotopic (exact) mass is 343 g/mol. The van der Waals surface area contributed by atoms with Gasteiger partial charge in [0.25, 0.3) is 0 Å². The van der Waals surface area contributed by atoms with Crippen LogP contribution in [0.1, 0.15) is 22.7 Å². The summed E-state index contributed by atoms with van der Waals surface area (Å²) in [4.78, 5) is 0.